The minimum atomic E-state index is 0.600. The molecule has 0 amide bonds. The molecule has 5 heteroatoms. The van der Waals surface area contributed by atoms with Gasteiger partial charge in [0.05, 0.1) is 11.1 Å². The van der Waals surface area contributed by atoms with Crippen molar-refractivity contribution in [2.75, 3.05) is 13.2 Å². The summed E-state index contributed by atoms with van der Waals surface area (Å²) in [5, 5.41) is 0.920. The molecule has 3 aromatic heterocycles. The fourth-order valence-electron chi connectivity index (χ4n) is 2.91. The van der Waals surface area contributed by atoms with Crippen LogP contribution in [-0.4, -0.2) is 28.2 Å². The summed E-state index contributed by atoms with van der Waals surface area (Å²) >= 11 is 0. The van der Waals surface area contributed by atoms with Crippen molar-refractivity contribution >= 4 is 22.2 Å². The van der Waals surface area contributed by atoms with Crippen molar-refractivity contribution in [2.24, 2.45) is 0 Å². The van der Waals surface area contributed by atoms with Crippen LogP contribution in [0.1, 0.15) is 19.0 Å². The van der Waals surface area contributed by atoms with Gasteiger partial charge in [0.1, 0.15) is 5.52 Å². The van der Waals surface area contributed by atoms with E-state index in [1.54, 1.807) is 6.20 Å². The Balaban J connectivity index is 1.85. The lowest BCUT2D eigenvalue weighted by molar-refractivity contribution is 0.145. The molecule has 4 rings (SSSR count). The molecule has 0 aliphatic rings. The largest absolute Gasteiger partial charge is 0.434 e. The quantitative estimate of drug-likeness (QED) is 0.489. The summed E-state index contributed by atoms with van der Waals surface area (Å²) in [6.07, 6.45) is 3.39. The molecule has 0 unspecified atom stereocenters. The van der Waals surface area contributed by atoms with Crippen LogP contribution in [0.15, 0.2) is 53.1 Å². The molecular formula is C20H19N3O2. The van der Waals surface area contributed by atoms with Crippen LogP contribution in [0.25, 0.3) is 33.6 Å². The lowest BCUT2D eigenvalue weighted by Gasteiger charge is -2.06. The molecule has 0 fully saturated rings. The zero-order chi connectivity index (χ0) is 17.1. The van der Waals surface area contributed by atoms with Crippen molar-refractivity contribution in [3.63, 3.8) is 0 Å². The second-order valence-corrected chi connectivity index (χ2v) is 5.80. The first-order chi connectivity index (χ1) is 12.4. The van der Waals surface area contributed by atoms with Crippen LogP contribution < -0.4 is 0 Å². The molecule has 5 nitrogen and oxygen atoms in total. The molecule has 0 atom stereocenters. The fraction of sp³-hybridized carbons (Fsp3) is 0.250. The van der Waals surface area contributed by atoms with Crippen molar-refractivity contribution in [1.29, 1.82) is 0 Å². The maximum absolute atomic E-state index is 5.95. The summed E-state index contributed by atoms with van der Waals surface area (Å²) in [6.45, 7) is 3.44. The number of ether oxygens (including phenoxy) is 1. The number of benzene rings is 1. The number of aryl methyl sites for hydroxylation is 1. The van der Waals surface area contributed by atoms with Crippen LogP contribution in [0.4, 0.5) is 0 Å². The number of hydrogen-bond acceptors (Lipinski definition) is 5. The maximum Gasteiger partial charge on any atom is 0.229 e. The highest BCUT2D eigenvalue weighted by Crippen LogP contribution is 2.30. The van der Waals surface area contributed by atoms with Crippen LogP contribution in [0.3, 0.4) is 0 Å². The summed E-state index contributed by atoms with van der Waals surface area (Å²) in [7, 11) is 0. The maximum atomic E-state index is 5.95. The predicted molar refractivity (Wildman–Crippen MR) is 97.4 cm³/mol. The summed E-state index contributed by atoms with van der Waals surface area (Å²) in [4.78, 5) is 13.9. The van der Waals surface area contributed by atoms with Gasteiger partial charge in [0.15, 0.2) is 11.4 Å². The highest BCUT2D eigenvalue weighted by Gasteiger charge is 2.16. The average molecular weight is 333 g/mol. The molecule has 0 radical (unpaired) electrons. The zero-order valence-corrected chi connectivity index (χ0v) is 14.1. The Morgan fingerprint density at radius 3 is 2.76 bits per heavy atom. The average Bonchev–Trinajstić information content (AvgIpc) is 3.05. The number of rotatable bonds is 6. The van der Waals surface area contributed by atoms with Crippen LogP contribution in [-0.2, 0) is 11.2 Å². The van der Waals surface area contributed by atoms with Crippen LogP contribution in [0.5, 0.6) is 0 Å². The summed E-state index contributed by atoms with van der Waals surface area (Å²) in [6, 6.07) is 13.9. The van der Waals surface area contributed by atoms with E-state index in [4.69, 9.17) is 19.1 Å². The van der Waals surface area contributed by atoms with Gasteiger partial charge in [0.2, 0.25) is 5.71 Å². The Morgan fingerprint density at radius 1 is 1.04 bits per heavy atom. The van der Waals surface area contributed by atoms with Crippen LogP contribution in [0, 0.1) is 0 Å². The van der Waals surface area contributed by atoms with E-state index in [-0.39, 0.29) is 0 Å². The molecule has 4 aromatic rings. The van der Waals surface area contributed by atoms with Gasteiger partial charge in [0.25, 0.3) is 0 Å². The van der Waals surface area contributed by atoms with E-state index in [1.165, 1.54) is 0 Å². The predicted octanol–water partition coefficient (Wildman–Crippen LogP) is 4.41. The van der Waals surface area contributed by atoms with Crippen LogP contribution >= 0.6 is 0 Å². The minimum Gasteiger partial charge on any atom is -0.434 e. The van der Waals surface area contributed by atoms with Crippen molar-refractivity contribution in [2.45, 2.75) is 19.8 Å². The molecule has 0 aliphatic carbocycles. The molecule has 1 aromatic carbocycles. The Kier molecular flexibility index (Phi) is 4.39. The Hall–Kier alpha value is -2.79. The number of pyridine rings is 1. The molecule has 0 spiro atoms. The summed E-state index contributed by atoms with van der Waals surface area (Å²) in [5.41, 5.74) is 4.05. The van der Waals surface area contributed by atoms with Gasteiger partial charge < -0.3 is 9.15 Å². The lowest BCUT2D eigenvalue weighted by Crippen LogP contribution is -2.00. The van der Waals surface area contributed by atoms with Crippen molar-refractivity contribution in [3.05, 3.63) is 54.4 Å². The first-order valence-electron chi connectivity index (χ1n) is 8.54. The fourth-order valence-corrected chi connectivity index (χ4v) is 2.91. The highest BCUT2D eigenvalue weighted by molar-refractivity contribution is 6.02. The molecule has 126 valence electrons. The topological polar surface area (TPSA) is 61.0 Å². The van der Waals surface area contributed by atoms with E-state index < -0.39 is 0 Å². The molecule has 0 saturated heterocycles. The van der Waals surface area contributed by atoms with E-state index >= 15 is 0 Å². The molecule has 0 bridgehead atoms. The minimum absolute atomic E-state index is 0.600. The van der Waals surface area contributed by atoms with Gasteiger partial charge in [-0.15, -0.1) is 0 Å². The van der Waals surface area contributed by atoms with Gasteiger partial charge in [-0.1, -0.05) is 30.3 Å². The van der Waals surface area contributed by atoms with E-state index in [2.05, 4.69) is 4.98 Å². The van der Waals surface area contributed by atoms with Crippen molar-refractivity contribution in [3.8, 4) is 11.4 Å². The molecule has 0 saturated carbocycles. The molecule has 25 heavy (non-hydrogen) atoms. The van der Waals surface area contributed by atoms with Gasteiger partial charge in [-0.2, -0.15) is 0 Å². The third-order valence-corrected chi connectivity index (χ3v) is 4.10. The Bertz CT molecular complexity index is 996. The first-order valence-corrected chi connectivity index (χ1v) is 8.54. The second kappa shape index (κ2) is 6.99. The van der Waals surface area contributed by atoms with Gasteiger partial charge in [-0.05, 0) is 31.9 Å². The van der Waals surface area contributed by atoms with Crippen LogP contribution in [0.2, 0.25) is 0 Å². The Morgan fingerprint density at radius 2 is 1.92 bits per heavy atom. The monoisotopic (exact) mass is 333 g/mol. The zero-order valence-electron chi connectivity index (χ0n) is 14.1. The number of furan rings is 1. The normalized spacial score (nSPS) is 11.4. The third kappa shape index (κ3) is 3.10. The molecular weight excluding hydrogens is 314 g/mol. The van der Waals surface area contributed by atoms with Gasteiger partial charge in [0, 0.05) is 25.0 Å². The van der Waals surface area contributed by atoms with E-state index in [1.807, 2.05) is 49.4 Å². The molecule has 0 N–H and O–H groups in total. The number of hydrogen-bond donors (Lipinski definition) is 0. The first kappa shape index (κ1) is 15.7. The third-order valence-electron chi connectivity index (χ3n) is 4.10. The van der Waals surface area contributed by atoms with Gasteiger partial charge in [-0.3, -0.25) is 0 Å². The summed E-state index contributed by atoms with van der Waals surface area (Å²) < 4.78 is 11.4. The van der Waals surface area contributed by atoms with Crippen molar-refractivity contribution in [1.82, 2.24) is 15.0 Å². The standard InChI is InChI=1S/C20H19N3O2/c1-2-24-13-7-11-16-18-17(15-10-6-12-21-20(15)25-18)23-19(22-16)14-8-4-3-5-9-14/h3-6,8-10,12H,2,7,11,13H2,1H3. The van der Waals surface area contributed by atoms with E-state index in [0.717, 1.165) is 47.2 Å². The van der Waals surface area contributed by atoms with Gasteiger partial charge >= 0.3 is 0 Å². The van der Waals surface area contributed by atoms with E-state index in [0.29, 0.717) is 18.1 Å². The number of aromatic nitrogens is 3. The SMILES string of the molecule is CCOCCCc1nc(-c2ccccc2)nc2c1oc1ncccc12. The number of nitrogens with zero attached hydrogens (tertiary/aromatic N) is 3. The number of fused-ring (bicyclic) bond motifs is 3. The molecule has 3 heterocycles. The second-order valence-electron chi connectivity index (χ2n) is 5.80. The van der Waals surface area contributed by atoms with Gasteiger partial charge in [-0.25, -0.2) is 15.0 Å². The molecule has 0 aliphatic heterocycles. The summed E-state index contributed by atoms with van der Waals surface area (Å²) in [5.74, 6) is 0.714. The smallest absolute Gasteiger partial charge is 0.229 e. The Labute approximate surface area is 145 Å². The van der Waals surface area contributed by atoms with Crippen molar-refractivity contribution < 1.29 is 9.15 Å². The van der Waals surface area contributed by atoms with E-state index in [9.17, 15) is 0 Å². The highest BCUT2D eigenvalue weighted by atomic mass is 16.5. The lowest BCUT2D eigenvalue weighted by atomic mass is 10.1.